The molecule has 1 aromatic rings. The Hall–Kier alpha value is -0.395. The average molecular weight is 250 g/mol. The molecule has 4 nitrogen and oxygen atoms in total. The molecule has 88 valence electrons. The number of hydrogen-bond acceptors (Lipinski definition) is 5. The van der Waals surface area contributed by atoms with Gasteiger partial charge in [0.05, 0.1) is 7.85 Å². The van der Waals surface area contributed by atoms with Crippen molar-refractivity contribution < 1.29 is 20.1 Å². The first kappa shape index (κ1) is 14.7. The normalized spacial score (nSPS) is 10.4. The lowest BCUT2D eigenvalue weighted by molar-refractivity contribution is 0.419. The van der Waals surface area contributed by atoms with Gasteiger partial charge in [-0.25, -0.2) is 0 Å². The largest absolute Gasteiger partial charge is 0.488 e. The van der Waals surface area contributed by atoms with Crippen molar-refractivity contribution in [2.75, 3.05) is 11.4 Å². The molecule has 0 spiro atoms. The fraction of sp³-hybridized carbons (Fsp3) is 0.333. The molecule has 0 saturated carbocycles. The number of thioether (sulfide) groups is 1. The fourth-order valence-electron chi connectivity index (χ4n) is 1.51. The minimum atomic E-state index is -1.71. The van der Waals surface area contributed by atoms with Gasteiger partial charge in [-0.2, -0.15) is 11.8 Å². The monoisotopic (exact) mass is 250 g/mol. The molecule has 0 bridgehead atoms. The second-order valence-electron chi connectivity index (χ2n) is 3.54. The Morgan fingerprint density at radius 1 is 1.06 bits per heavy atom. The van der Waals surface area contributed by atoms with Crippen molar-refractivity contribution in [3.63, 3.8) is 0 Å². The number of rotatable bonds is 6. The van der Waals surface area contributed by atoms with Gasteiger partial charge in [-0.3, -0.25) is 0 Å². The molecule has 0 aromatic heterocycles. The van der Waals surface area contributed by atoms with Gasteiger partial charge in [0.2, 0.25) is 0 Å². The molecule has 0 aliphatic rings. The number of benzene rings is 1. The first-order valence-corrected chi connectivity index (χ1v) is 6.34. The minimum Gasteiger partial charge on any atom is -0.423 e. The topological polar surface area (TPSA) is 80.9 Å². The summed E-state index contributed by atoms with van der Waals surface area (Å²) in [5.41, 5.74) is 1.67. The van der Waals surface area contributed by atoms with E-state index in [1.54, 1.807) is 23.9 Å². The van der Waals surface area contributed by atoms with E-state index < -0.39 is 14.2 Å². The van der Waals surface area contributed by atoms with E-state index >= 15 is 0 Å². The molecule has 0 fully saturated rings. The van der Waals surface area contributed by atoms with E-state index in [0.29, 0.717) is 5.65 Å². The molecule has 2 radical (unpaired) electrons. The van der Waals surface area contributed by atoms with Crippen LogP contribution >= 0.6 is 11.8 Å². The predicted octanol–water partition coefficient (Wildman–Crippen LogP) is -2.55. The van der Waals surface area contributed by atoms with Crippen molar-refractivity contribution in [2.45, 2.75) is 6.42 Å². The maximum atomic E-state index is 9.16. The summed E-state index contributed by atoms with van der Waals surface area (Å²) in [6.45, 7) is 0. The molecule has 0 amide bonds. The summed E-state index contributed by atoms with van der Waals surface area (Å²) in [6, 6.07) is 4.79. The van der Waals surface area contributed by atoms with Crippen molar-refractivity contribution in [3.8, 4) is 0 Å². The maximum absolute atomic E-state index is 9.16. The Bertz CT molecular complexity index is 362. The lowest BCUT2D eigenvalue weighted by Crippen LogP contribution is -2.49. The quantitative estimate of drug-likeness (QED) is 0.330. The molecule has 1 aromatic carbocycles. The van der Waals surface area contributed by atoms with Crippen molar-refractivity contribution in [3.05, 3.63) is 23.8 Å². The van der Waals surface area contributed by atoms with Gasteiger partial charge in [0.1, 0.15) is 0 Å². The Balaban J connectivity index is 2.86. The Labute approximate surface area is 107 Å². The summed E-state index contributed by atoms with van der Waals surface area (Å²) in [5, 5.41) is 36.5. The highest BCUT2D eigenvalue weighted by Gasteiger charge is 2.23. The predicted molar refractivity (Wildman–Crippen MR) is 72.9 cm³/mol. The van der Waals surface area contributed by atoms with Crippen LogP contribution in [0.4, 0.5) is 0 Å². The average Bonchev–Trinajstić information content (AvgIpc) is 2.29. The molecule has 0 aliphatic carbocycles. The van der Waals surface area contributed by atoms with Crippen LogP contribution in [-0.4, -0.2) is 53.6 Å². The Kier molecular flexibility index (Phi) is 6.15. The molecule has 1 rings (SSSR count). The van der Waals surface area contributed by atoms with E-state index in [1.807, 2.05) is 0 Å². The van der Waals surface area contributed by atoms with Gasteiger partial charge in [-0.05, 0) is 34.3 Å². The van der Waals surface area contributed by atoms with Crippen LogP contribution < -0.4 is 10.9 Å². The Morgan fingerprint density at radius 3 is 2.24 bits per heavy atom. The molecule has 0 aliphatic heterocycles. The van der Waals surface area contributed by atoms with Crippen LogP contribution in [0.5, 0.6) is 0 Å². The van der Waals surface area contributed by atoms with Crippen LogP contribution in [0.25, 0.3) is 0 Å². The molecule has 8 heteroatoms. The van der Waals surface area contributed by atoms with Crippen LogP contribution in [-0.2, 0) is 6.42 Å². The molecule has 4 N–H and O–H groups in total. The van der Waals surface area contributed by atoms with Crippen molar-refractivity contribution >= 4 is 44.8 Å². The van der Waals surface area contributed by atoms with E-state index in [1.165, 1.54) is 6.07 Å². The molecule has 0 unspecified atom stereocenters. The van der Waals surface area contributed by atoms with E-state index in [-0.39, 0.29) is 10.9 Å². The third-order valence-corrected chi connectivity index (χ3v) is 3.09. The molecule has 0 atom stereocenters. The highest BCUT2D eigenvalue weighted by molar-refractivity contribution is 8.00. The minimum absolute atomic E-state index is 0.107. The van der Waals surface area contributed by atoms with Crippen LogP contribution in [0.2, 0.25) is 0 Å². The summed E-state index contributed by atoms with van der Waals surface area (Å²) >= 11 is 1.58. The highest BCUT2D eigenvalue weighted by Crippen LogP contribution is 2.04. The van der Waals surface area contributed by atoms with Crippen molar-refractivity contribution in [2.24, 2.45) is 0 Å². The van der Waals surface area contributed by atoms with Gasteiger partial charge in [0.15, 0.2) is 0 Å². The van der Waals surface area contributed by atoms with E-state index in [0.717, 1.165) is 17.7 Å². The van der Waals surface area contributed by atoms with Gasteiger partial charge in [0.25, 0.3) is 0 Å². The van der Waals surface area contributed by atoms with Gasteiger partial charge < -0.3 is 20.1 Å². The zero-order valence-electron chi connectivity index (χ0n) is 9.28. The highest BCUT2D eigenvalue weighted by atomic mass is 32.2. The number of hydrogen-bond donors (Lipinski definition) is 4. The molecule has 0 saturated heterocycles. The van der Waals surface area contributed by atoms with Crippen LogP contribution in [0.3, 0.4) is 0 Å². The zero-order valence-corrected chi connectivity index (χ0v) is 10.1. The maximum Gasteiger partial charge on any atom is 0.488 e. The first-order chi connectivity index (χ1) is 8.06. The van der Waals surface area contributed by atoms with Crippen LogP contribution in [0.1, 0.15) is 5.56 Å². The standard InChI is InChI=1S/C9H13B3O4S/c10-6-17-4-3-7-1-2-8(11(13)14)9(5-7)12(15)16/h1-2,5,13-16H,3-4,6H2. The van der Waals surface area contributed by atoms with Crippen molar-refractivity contribution in [1.82, 2.24) is 0 Å². The Morgan fingerprint density at radius 2 is 1.71 bits per heavy atom. The molecule has 17 heavy (non-hydrogen) atoms. The summed E-state index contributed by atoms with van der Waals surface area (Å²) in [5.74, 6) is 0.832. The summed E-state index contributed by atoms with van der Waals surface area (Å²) < 4.78 is 0. The summed E-state index contributed by atoms with van der Waals surface area (Å²) in [6.07, 6.45) is 0.739. The third-order valence-electron chi connectivity index (χ3n) is 2.36. The lowest BCUT2D eigenvalue weighted by Gasteiger charge is -2.10. The fourth-order valence-corrected chi connectivity index (χ4v) is 2.06. The van der Waals surface area contributed by atoms with Gasteiger partial charge in [-0.15, -0.1) is 0 Å². The third kappa shape index (κ3) is 4.41. The van der Waals surface area contributed by atoms with Gasteiger partial charge in [-0.1, -0.05) is 18.2 Å². The van der Waals surface area contributed by atoms with Crippen molar-refractivity contribution in [1.29, 1.82) is 0 Å². The SMILES string of the molecule is [B]CSCCc1ccc(B(O)O)c(B(O)O)c1. The van der Waals surface area contributed by atoms with Crippen LogP contribution in [0.15, 0.2) is 18.2 Å². The summed E-state index contributed by atoms with van der Waals surface area (Å²) in [7, 11) is 1.93. The second-order valence-corrected chi connectivity index (χ2v) is 4.69. The molecular formula is C9H13B3O4S. The number of aryl methyl sites for hydroxylation is 1. The molecule has 0 heterocycles. The lowest BCUT2D eigenvalue weighted by atomic mass is 9.65. The molecular weight excluding hydrogens is 237 g/mol. The van der Waals surface area contributed by atoms with E-state index in [4.69, 9.17) is 27.9 Å². The second kappa shape index (κ2) is 7.13. The van der Waals surface area contributed by atoms with E-state index in [2.05, 4.69) is 0 Å². The smallest absolute Gasteiger partial charge is 0.423 e. The van der Waals surface area contributed by atoms with Gasteiger partial charge in [0, 0.05) is 0 Å². The van der Waals surface area contributed by atoms with Gasteiger partial charge >= 0.3 is 14.2 Å². The van der Waals surface area contributed by atoms with Crippen LogP contribution in [0, 0.1) is 0 Å². The zero-order chi connectivity index (χ0) is 12.8. The first-order valence-electron chi connectivity index (χ1n) is 5.19. The van der Waals surface area contributed by atoms with E-state index in [9.17, 15) is 0 Å². The summed E-state index contributed by atoms with van der Waals surface area (Å²) in [4.78, 5) is 0.